The van der Waals surface area contributed by atoms with Crippen LogP contribution < -0.4 is 15.4 Å². The second-order valence-electron chi connectivity index (χ2n) is 5.29. The zero-order valence-electron chi connectivity index (χ0n) is 14.8. The van der Waals surface area contributed by atoms with Gasteiger partial charge < -0.3 is 15.4 Å². The Morgan fingerprint density at radius 2 is 1.96 bits per heavy atom. The Balaban J connectivity index is 0.00000338. The predicted molar refractivity (Wildman–Crippen MR) is 113 cm³/mol. The van der Waals surface area contributed by atoms with Crippen molar-refractivity contribution in [2.45, 2.75) is 20.0 Å². The summed E-state index contributed by atoms with van der Waals surface area (Å²) in [7, 11) is 1.63. The number of nitro benzene ring substituents is 1. The topological polar surface area (TPSA) is 88.8 Å². The van der Waals surface area contributed by atoms with E-state index in [4.69, 9.17) is 4.74 Å². The van der Waals surface area contributed by atoms with Gasteiger partial charge in [0.05, 0.1) is 18.6 Å². The summed E-state index contributed by atoms with van der Waals surface area (Å²) in [5.41, 5.74) is 1.72. The van der Waals surface area contributed by atoms with Crippen molar-refractivity contribution in [2.24, 2.45) is 4.99 Å². The zero-order chi connectivity index (χ0) is 18.1. The van der Waals surface area contributed by atoms with Crippen LogP contribution in [0.25, 0.3) is 0 Å². The van der Waals surface area contributed by atoms with Gasteiger partial charge in [-0.3, -0.25) is 10.1 Å². The average molecular weight is 470 g/mol. The van der Waals surface area contributed by atoms with E-state index in [0.29, 0.717) is 31.2 Å². The number of benzene rings is 2. The summed E-state index contributed by atoms with van der Waals surface area (Å²) in [5.74, 6) is 1.38. The minimum absolute atomic E-state index is 0. The molecule has 0 saturated heterocycles. The van der Waals surface area contributed by atoms with Gasteiger partial charge in [0.1, 0.15) is 5.75 Å². The van der Waals surface area contributed by atoms with Crippen molar-refractivity contribution < 1.29 is 9.66 Å². The maximum atomic E-state index is 11.1. The summed E-state index contributed by atoms with van der Waals surface area (Å²) in [6, 6.07) is 14.4. The highest BCUT2D eigenvalue weighted by molar-refractivity contribution is 14.0. The lowest BCUT2D eigenvalue weighted by molar-refractivity contribution is -0.385. The van der Waals surface area contributed by atoms with E-state index in [0.717, 1.165) is 11.3 Å². The highest BCUT2D eigenvalue weighted by Crippen LogP contribution is 2.17. The van der Waals surface area contributed by atoms with Crippen molar-refractivity contribution in [3.05, 3.63) is 69.8 Å². The smallest absolute Gasteiger partial charge is 0.274 e. The second kappa shape index (κ2) is 11.3. The lowest BCUT2D eigenvalue weighted by Crippen LogP contribution is -2.36. The number of para-hydroxylation sites is 1. The molecule has 0 spiro atoms. The molecule has 0 atom stereocenters. The van der Waals surface area contributed by atoms with Gasteiger partial charge in [-0.05, 0) is 24.6 Å². The number of guanidine groups is 1. The molecule has 0 bridgehead atoms. The van der Waals surface area contributed by atoms with E-state index in [9.17, 15) is 10.1 Å². The number of nitro groups is 1. The summed E-state index contributed by atoms with van der Waals surface area (Å²) < 4.78 is 5.21. The van der Waals surface area contributed by atoms with Crippen molar-refractivity contribution >= 4 is 35.6 Å². The van der Waals surface area contributed by atoms with Crippen LogP contribution in [0.1, 0.15) is 18.1 Å². The Hall–Kier alpha value is -2.36. The number of halogens is 1. The molecule has 7 nitrogen and oxygen atoms in total. The first-order valence-corrected chi connectivity index (χ1v) is 8.01. The van der Waals surface area contributed by atoms with Crippen LogP contribution in [-0.2, 0) is 13.1 Å². The number of nitrogens with zero attached hydrogens (tertiary/aromatic N) is 2. The van der Waals surface area contributed by atoms with E-state index >= 15 is 0 Å². The molecule has 8 heteroatoms. The van der Waals surface area contributed by atoms with Gasteiger partial charge in [-0.1, -0.05) is 30.3 Å². The molecular formula is C18H23IN4O3. The molecule has 26 heavy (non-hydrogen) atoms. The van der Waals surface area contributed by atoms with Crippen molar-refractivity contribution in [3.63, 3.8) is 0 Å². The monoisotopic (exact) mass is 470 g/mol. The fourth-order valence-corrected chi connectivity index (χ4v) is 2.30. The molecule has 0 amide bonds. The third-order valence-electron chi connectivity index (χ3n) is 3.53. The Bertz CT molecular complexity index is 753. The largest absolute Gasteiger partial charge is 0.497 e. The second-order valence-corrected chi connectivity index (χ2v) is 5.29. The summed E-state index contributed by atoms with van der Waals surface area (Å²) in [6.45, 7) is 3.46. The average Bonchev–Trinajstić information content (AvgIpc) is 2.64. The first-order chi connectivity index (χ1) is 12.1. The van der Waals surface area contributed by atoms with E-state index in [1.807, 2.05) is 31.2 Å². The van der Waals surface area contributed by atoms with Gasteiger partial charge >= 0.3 is 0 Å². The fraction of sp³-hybridized carbons (Fsp3) is 0.278. The summed E-state index contributed by atoms with van der Waals surface area (Å²) >= 11 is 0. The molecule has 140 valence electrons. The summed E-state index contributed by atoms with van der Waals surface area (Å²) in [5, 5.41) is 17.4. The standard InChI is InChI=1S/C18H22N4O3.HI/c1-3-19-18(20-12-14-7-6-9-16(11-14)25-2)21-13-15-8-4-5-10-17(15)22(23)24;/h4-11H,3,12-13H2,1-2H3,(H2,19,20,21);1H. The zero-order valence-corrected chi connectivity index (χ0v) is 17.1. The Labute approximate surface area is 170 Å². The first kappa shape index (κ1) is 21.7. The number of nitrogens with one attached hydrogen (secondary N) is 2. The normalized spacial score (nSPS) is 10.6. The van der Waals surface area contributed by atoms with Gasteiger partial charge in [0.15, 0.2) is 5.96 Å². The minimum Gasteiger partial charge on any atom is -0.497 e. The van der Waals surface area contributed by atoms with Crippen LogP contribution in [0.15, 0.2) is 53.5 Å². The molecule has 2 N–H and O–H groups in total. The molecule has 0 radical (unpaired) electrons. The van der Waals surface area contributed by atoms with Crippen LogP contribution in [0, 0.1) is 10.1 Å². The van der Waals surface area contributed by atoms with E-state index in [2.05, 4.69) is 15.6 Å². The molecule has 0 saturated carbocycles. The lowest BCUT2D eigenvalue weighted by atomic mass is 10.2. The summed E-state index contributed by atoms with van der Waals surface area (Å²) in [4.78, 5) is 15.2. The van der Waals surface area contributed by atoms with Crippen LogP contribution in [0.4, 0.5) is 5.69 Å². The van der Waals surface area contributed by atoms with Crippen LogP contribution in [0.3, 0.4) is 0 Å². The molecule has 2 rings (SSSR count). The molecule has 0 aliphatic rings. The van der Waals surface area contributed by atoms with E-state index < -0.39 is 0 Å². The Morgan fingerprint density at radius 3 is 2.65 bits per heavy atom. The van der Waals surface area contributed by atoms with E-state index in [1.165, 1.54) is 6.07 Å². The SMILES string of the molecule is CCNC(=NCc1cccc(OC)c1)NCc1ccccc1[N+](=O)[O-].I. The molecule has 0 aliphatic heterocycles. The van der Waals surface area contributed by atoms with E-state index in [1.54, 1.807) is 25.3 Å². The van der Waals surface area contributed by atoms with Gasteiger partial charge in [0.25, 0.3) is 5.69 Å². The third kappa shape index (κ3) is 6.51. The number of hydrogen-bond acceptors (Lipinski definition) is 4. The molecule has 0 fully saturated rings. The molecule has 0 heterocycles. The Kier molecular flexibility index (Phi) is 9.42. The van der Waals surface area contributed by atoms with Crippen molar-refractivity contribution in [1.82, 2.24) is 10.6 Å². The van der Waals surface area contributed by atoms with Gasteiger partial charge in [0.2, 0.25) is 0 Å². The number of methoxy groups -OCH3 is 1. The molecular weight excluding hydrogens is 447 g/mol. The molecule has 0 unspecified atom stereocenters. The Morgan fingerprint density at radius 1 is 1.19 bits per heavy atom. The van der Waals surface area contributed by atoms with Gasteiger partial charge in [-0.15, -0.1) is 24.0 Å². The van der Waals surface area contributed by atoms with Crippen LogP contribution in [0.5, 0.6) is 5.75 Å². The van der Waals surface area contributed by atoms with Gasteiger partial charge in [-0.25, -0.2) is 4.99 Å². The predicted octanol–water partition coefficient (Wildman–Crippen LogP) is 3.48. The third-order valence-corrected chi connectivity index (χ3v) is 3.53. The number of rotatable bonds is 7. The van der Waals surface area contributed by atoms with Crippen molar-refractivity contribution in [3.8, 4) is 5.75 Å². The van der Waals surface area contributed by atoms with Crippen LogP contribution >= 0.6 is 24.0 Å². The van der Waals surface area contributed by atoms with E-state index in [-0.39, 0.29) is 34.6 Å². The van der Waals surface area contributed by atoms with Crippen LogP contribution in [0.2, 0.25) is 0 Å². The first-order valence-electron chi connectivity index (χ1n) is 8.01. The van der Waals surface area contributed by atoms with Gasteiger partial charge in [0, 0.05) is 24.7 Å². The molecule has 2 aromatic rings. The summed E-state index contributed by atoms with van der Waals surface area (Å²) in [6.07, 6.45) is 0. The van der Waals surface area contributed by atoms with Crippen LogP contribution in [-0.4, -0.2) is 24.5 Å². The number of ether oxygens (including phenoxy) is 1. The molecule has 2 aromatic carbocycles. The van der Waals surface area contributed by atoms with Gasteiger partial charge in [-0.2, -0.15) is 0 Å². The quantitative estimate of drug-likeness (QED) is 0.213. The van der Waals surface area contributed by atoms with Crippen molar-refractivity contribution in [1.29, 1.82) is 0 Å². The number of aliphatic imine (C=N–C) groups is 1. The molecule has 0 aliphatic carbocycles. The molecule has 0 aromatic heterocycles. The minimum atomic E-state index is -0.378. The highest BCUT2D eigenvalue weighted by atomic mass is 127. The maximum Gasteiger partial charge on any atom is 0.274 e. The van der Waals surface area contributed by atoms with Crippen molar-refractivity contribution in [2.75, 3.05) is 13.7 Å². The maximum absolute atomic E-state index is 11.1. The lowest BCUT2D eigenvalue weighted by Gasteiger charge is -2.11. The number of hydrogen-bond donors (Lipinski definition) is 2. The fourth-order valence-electron chi connectivity index (χ4n) is 2.30. The highest BCUT2D eigenvalue weighted by Gasteiger charge is 2.12.